The normalized spacial score (nSPS) is 17.7. The third-order valence-corrected chi connectivity index (χ3v) is 6.85. The summed E-state index contributed by atoms with van der Waals surface area (Å²) in [7, 11) is 0. The number of carbonyl (C=O) groups excluding carboxylic acids is 1. The molecule has 0 spiro atoms. The highest BCUT2D eigenvalue weighted by Gasteiger charge is 2.36. The summed E-state index contributed by atoms with van der Waals surface area (Å²) in [6.45, 7) is 11.9. The van der Waals surface area contributed by atoms with Crippen LogP contribution in [-0.2, 0) is 12.0 Å². The fourth-order valence-corrected chi connectivity index (χ4v) is 4.67. The van der Waals surface area contributed by atoms with Crippen LogP contribution < -0.4 is 9.47 Å². The lowest BCUT2D eigenvalue weighted by molar-refractivity contribution is 0.0605. The topological polar surface area (TPSA) is 38.8 Å². The number of ketones is 1. The first-order chi connectivity index (χ1) is 16.2. The first-order valence-electron chi connectivity index (χ1n) is 11.9. The van der Waals surface area contributed by atoms with Crippen LogP contribution in [0.2, 0.25) is 0 Å². The number of fused-ring (bicyclic) bond motifs is 3. The SMILES string of the molecule is Cc1cc2c(c3c1C(=O)/C(=C/c1ccc(C(C)(C)C)cc1)O3)CN(C(C)c1ccccc1)CO2. The molecule has 0 saturated heterocycles. The number of rotatable bonds is 3. The second-order valence-corrected chi connectivity index (χ2v) is 10.3. The van der Waals surface area contributed by atoms with E-state index < -0.39 is 0 Å². The maximum Gasteiger partial charge on any atom is 0.232 e. The molecule has 2 aliphatic heterocycles. The lowest BCUT2D eigenvalue weighted by atomic mass is 9.86. The van der Waals surface area contributed by atoms with Gasteiger partial charge in [0, 0.05) is 12.6 Å². The summed E-state index contributed by atoms with van der Waals surface area (Å²) >= 11 is 0. The van der Waals surface area contributed by atoms with Crippen LogP contribution >= 0.6 is 0 Å². The molecule has 34 heavy (non-hydrogen) atoms. The maximum absolute atomic E-state index is 13.3. The average Bonchev–Trinajstić information content (AvgIpc) is 3.15. The number of nitrogens with zero attached hydrogens (tertiary/aromatic N) is 1. The van der Waals surface area contributed by atoms with Crippen molar-refractivity contribution in [1.82, 2.24) is 4.90 Å². The largest absolute Gasteiger partial charge is 0.478 e. The molecule has 3 aromatic carbocycles. The lowest BCUT2D eigenvalue weighted by Crippen LogP contribution is -2.34. The Morgan fingerprint density at radius 3 is 2.41 bits per heavy atom. The summed E-state index contributed by atoms with van der Waals surface area (Å²) in [5, 5.41) is 0. The summed E-state index contributed by atoms with van der Waals surface area (Å²) in [6, 6.07) is 20.9. The molecule has 4 nitrogen and oxygen atoms in total. The van der Waals surface area contributed by atoms with Gasteiger partial charge in [0.15, 0.2) is 5.76 Å². The molecule has 0 saturated carbocycles. The molecular formula is C30H31NO3. The molecule has 0 radical (unpaired) electrons. The minimum absolute atomic E-state index is 0.0663. The highest BCUT2D eigenvalue weighted by atomic mass is 16.5. The summed E-state index contributed by atoms with van der Waals surface area (Å²) in [4.78, 5) is 15.6. The van der Waals surface area contributed by atoms with E-state index in [1.807, 2.05) is 37.3 Å². The molecule has 0 aliphatic carbocycles. The van der Waals surface area contributed by atoms with Gasteiger partial charge in [-0.25, -0.2) is 0 Å². The van der Waals surface area contributed by atoms with Crippen LogP contribution in [-0.4, -0.2) is 17.4 Å². The van der Waals surface area contributed by atoms with Gasteiger partial charge in [-0.15, -0.1) is 0 Å². The van der Waals surface area contributed by atoms with E-state index in [4.69, 9.17) is 9.47 Å². The summed E-state index contributed by atoms with van der Waals surface area (Å²) < 4.78 is 12.4. The monoisotopic (exact) mass is 453 g/mol. The van der Waals surface area contributed by atoms with Crippen LogP contribution in [0.1, 0.15) is 71.9 Å². The predicted molar refractivity (Wildman–Crippen MR) is 135 cm³/mol. The number of hydrogen-bond donors (Lipinski definition) is 0. The van der Waals surface area contributed by atoms with Crippen molar-refractivity contribution in [3.8, 4) is 11.5 Å². The molecule has 1 atom stereocenters. The minimum atomic E-state index is -0.0663. The molecule has 0 fully saturated rings. The zero-order chi connectivity index (χ0) is 24.0. The van der Waals surface area contributed by atoms with Crippen LogP contribution in [0.25, 0.3) is 6.08 Å². The van der Waals surface area contributed by atoms with Gasteiger partial charge in [0.1, 0.15) is 18.2 Å². The van der Waals surface area contributed by atoms with Crippen molar-refractivity contribution in [2.24, 2.45) is 0 Å². The molecule has 5 rings (SSSR count). The van der Waals surface area contributed by atoms with Crippen LogP contribution in [0.5, 0.6) is 11.5 Å². The van der Waals surface area contributed by atoms with Gasteiger partial charge >= 0.3 is 0 Å². The van der Waals surface area contributed by atoms with Crippen LogP contribution in [0.3, 0.4) is 0 Å². The first kappa shape index (κ1) is 22.4. The molecule has 4 heteroatoms. The Morgan fingerprint density at radius 2 is 1.74 bits per heavy atom. The highest BCUT2D eigenvalue weighted by Crippen LogP contribution is 2.45. The van der Waals surface area contributed by atoms with E-state index in [-0.39, 0.29) is 17.2 Å². The highest BCUT2D eigenvalue weighted by molar-refractivity contribution is 6.15. The Kier molecular flexibility index (Phi) is 5.57. The van der Waals surface area contributed by atoms with Crippen LogP contribution in [0, 0.1) is 6.92 Å². The summed E-state index contributed by atoms with van der Waals surface area (Å²) in [5.74, 6) is 1.74. The second kappa shape index (κ2) is 8.44. The Hall–Kier alpha value is -3.37. The van der Waals surface area contributed by atoms with E-state index in [1.54, 1.807) is 0 Å². The van der Waals surface area contributed by atoms with Gasteiger partial charge in [-0.05, 0) is 53.7 Å². The third kappa shape index (κ3) is 4.03. The number of allylic oxidation sites excluding steroid dienone is 1. The fourth-order valence-electron chi connectivity index (χ4n) is 4.67. The van der Waals surface area contributed by atoms with Crippen molar-refractivity contribution >= 4 is 11.9 Å². The van der Waals surface area contributed by atoms with Crippen LogP contribution in [0.4, 0.5) is 0 Å². The molecule has 0 N–H and O–H groups in total. The maximum atomic E-state index is 13.3. The molecule has 0 aromatic heterocycles. The molecule has 0 amide bonds. The number of Topliss-reactive ketones (excluding diaryl/α,β-unsaturated/α-hetero) is 1. The first-order valence-corrected chi connectivity index (χ1v) is 11.9. The minimum Gasteiger partial charge on any atom is -0.478 e. The number of ether oxygens (including phenoxy) is 2. The zero-order valence-electron chi connectivity index (χ0n) is 20.5. The summed E-state index contributed by atoms with van der Waals surface area (Å²) in [5.41, 5.74) is 5.99. The van der Waals surface area contributed by atoms with Crippen molar-refractivity contribution in [3.05, 3.63) is 99.8 Å². The number of carbonyl (C=O) groups is 1. The standard InChI is InChI=1S/C30H31NO3/c1-19-15-25-24(17-31(18-33-25)20(2)22-9-7-6-8-10-22)29-27(19)28(32)26(34-29)16-21-11-13-23(14-12-21)30(3,4)5/h6-16,20H,17-18H2,1-5H3/b26-16-. The molecule has 0 bridgehead atoms. The fraction of sp³-hybridized carbons (Fsp3) is 0.300. The molecule has 174 valence electrons. The van der Waals surface area contributed by atoms with Crippen LogP contribution in [0.15, 0.2) is 66.4 Å². The van der Waals surface area contributed by atoms with Crippen molar-refractivity contribution in [2.75, 3.05) is 6.73 Å². The predicted octanol–water partition coefficient (Wildman–Crippen LogP) is 6.82. The molecule has 1 unspecified atom stereocenters. The van der Waals surface area contributed by atoms with Crippen molar-refractivity contribution in [2.45, 2.75) is 52.6 Å². The molecule has 3 aromatic rings. The van der Waals surface area contributed by atoms with Gasteiger partial charge < -0.3 is 9.47 Å². The average molecular weight is 454 g/mol. The number of aryl methyl sites for hydroxylation is 1. The van der Waals surface area contributed by atoms with Gasteiger partial charge in [-0.1, -0.05) is 75.4 Å². The van der Waals surface area contributed by atoms with Crippen molar-refractivity contribution < 1.29 is 14.3 Å². The van der Waals surface area contributed by atoms with Gasteiger partial charge in [0.25, 0.3) is 0 Å². The van der Waals surface area contributed by atoms with E-state index >= 15 is 0 Å². The summed E-state index contributed by atoms with van der Waals surface area (Å²) in [6.07, 6.45) is 1.84. The van der Waals surface area contributed by atoms with E-state index in [0.29, 0.717) is 30.3 Å². The lowest BCUT2D eigenvalue weighted by Gasteiger charge is -2.34. The van der Waals surface area contributed by atoms with E-state index in [0.717, 1.165) is 22.4 Å². The van der Waals surface area contributed by atoms with Crippen molar-refractivity contribution in [1.29, 1.82) is 0 Å². The van der Waals surface area contributed by atoms with E-state index in [2.05, 4.69) is 69.0 Å². The Morgan fingerprint density at radius 1 is 1.03 bits per heavy atom. The van der Waals surface area contributed by atoms with E-state index in [1.165, 1.54) is 11.1 Å². The number of hydrogen-bond acceptors (Lipinski definition) is 4. The van der Waals surface area contributed by atoms with Gasteiger partial charge in [-0.2, -0.15) is 0 Å². The third-order valence-electron chi connectivity index (χ3n) is 6.85. The second-order valence-electron chi connectivity index (χ2n) is 10.3. The smallest absolute Gasteiger partial charge is 0.232 e. The van der Waals surface area contributed by atoms with E-state index in [9.17, 15) is 4.79 Å². The molecule has 2 aliphatic rings. The Balaban J connectivity index is 1.45. The van der Waals surface area contributed by atoms with Crippen molar-refractivity contribution in [3.63, 3.8) is 0 Å². The van der Waals surface area contributed by atoms with Gasteiger partial charge in [0.2, 0.25) is 5.78 Å². The number of benzene rings is 3. The quantitative estimate of drug-likeness (QED) is 0.408. The van der Waals surface area contributed by atoms with Gasteiger partial charge in [0.05, 0.1) is 11.1 Å². The zero-order valence-corrected chi connectivity index (χ0v) is 20.5. The molecular weight excluding hydrogens is 422 g/mol. The van der Waals surface area contributed by atoms with Gasteiger partial charge in [-0.3, -0.25) is 9.69 Å². The Labute approximate surface area is 201 Å². The molecule has 2 heterocycles. The Bertz CT molecular complexity index is 1270.